The van der Waals surface area contributed by atoms with Gasteiger partial charge in [0, 0.05) is 12.3 Å². The maximum atomic E-state index is 11.3. The first kappa shape index (κ1) is 13.3. The number of aliphatic imine (C=N–C) groups is 2. The molecule has 82 valence electrons. The largest absolute Gasteiger partial charge is 0.345 e. The summed E-state index contributed by atoms with van der Waals surface area (Å²) in [6.07, 6.45) is 3.79. The Morgan fingerprint density at radius 1 is 1.53 bits per heavy atom. The lowest BCUT2D eigenvalue weighted by atomic mass is 10.2. The van der Waals surface area contributed by atoms with Crippen LogP contribution in [-0.2, 0) is 4.79 Å². The molecule has 0 saturated carbocycles. The molecule has 0 saturated heterocycles. The molecule has 0 rings (SSSR count). The maximum Gasteiger partial charge on any atom is 0.244 e. The number of nitrogens with zero attached hydrogens (tertiary/aromatic N) is 2. The predicted molar refractivity (Wildman–Crippen MR) is 64.2 cm³/mol. The van der Waals surface area contributed by atoms with Crippen LogP contribution >= 0.6 is 0 Å². The molecular weight excluding hydrogens is 190 g/mol. The van der Waals surface area contributed by atoms with Crippen LogP contribution in [0.2, 0.25) is 0 Å². The van der Waals surface area contributed by atoms with Gasteiger partial charge >= 0.3 is 0 Å². The van der Waals surface area contributed by atoms with Gasteiger partial charge in [0.15, 0.2) is 0 Å². The third kappa shape index (κ3) is 6.37. The highest BCUT2D eigenvalue weighted by atomic mass is 16.1. The van der Waals surface area contributed by atoms with E-state index in [9.17, 15) is 4.79 Å². The Hall–Kier alpha value is -1.71. The highest BCUT2D eigenvalue weighted by Gasteiger charge is 1.99. The quantitative estimate of drug-likeness (QED) is 0.416. The van der Waals surface area contributed by atoms with E-state index in [0.717, 1.165) is 12.0 Å². The van der Waals surface area contributed by atoms with Crippen molar-refractivity contribution >= 4 is 18.5 Å². The minimum atomic E-state index is -0.144. The summed E-state index contributed by atoms with van der Waals surface area (Å²) in [5.41, 5.74) is 1.03. The fraction of sp³-hybridized carbons (Fsp3) is 0.364. The van der Waals surface area contributed by atoms with E-state index >= 15 is 0 Å². The Morgan fingerprint density at radius 2 is 2.20 bits per heavy atom. The number of carbonyl (C=O) groups excluding carboxylic acids is 1. The van der Waals surface area contributed by atoms with Crippen molar-refractivity contribution in [3.8, 4) is 0 Å². The van der Waals surface area contributed by atoms with Crippen molar-refractivity contribution in [2.45, 2.75) is 20.3 Å². The van der Waals surface area contributed by atoms with Crippen molar-refractivity contribution < 1.29 is 4.79 Å². The zero-order chi connectivity index (χ0) is 11.7. The number of hydrogen-bond acceptors (Lipinski definition) is 2. The van der Waals surface area contributed by atoms with E-state index in [4.69, 9.17) is 0 Å². The average Bonchev–Trinajstić information content (AvgIpc) is 2.23. The first-order valence-electron chi connectivity index (χ1n) is 4.73. The van der Waals surface area contributed by atoms with Crippen molar-refractivity contribution in [1.29, 1.82) is 0 Å². The molecule has 0 aliphatic heterocycles. The highest BCUT2D eigenvalue weighted by molar-refractivity contribution is 5.94. The SMILES string of the molecule is C=CN=C(CNC(=O)/C=C(\C)CC)N=C. The minimum Gasteiger partial charge on any atom is -0.345 e. The summed E-state index contributed by atoms with van der Waals surface area (Å²) in [6.45, 7) is 10.9. The van der Waals surface area contributed by atoms with Crippen LogP contribution in [0.1, 0.15) is 20.3 Å². The van der Waals surface area contributed by atoms with Gasteiger partial charge in [-0.25, -0.2) is 9.98 Å². The fourth-order valence-corrected chi connectivity index (χ4v) is 0.791. The van der Waals surface area contributed by atoms with E-state index < -0.39 is 0 Å². The van der Waals surface area contributed by atoms with Crippen LogP contribution in [0.4, 0.5) is 0 Å². The summed E-state index contributed by atoms with van der Waals surface area (Å²) in [5, 5.41) is 2.66. The van der Waals surface area contributed by atoms with Gasteiger partial charge in [0.05, 0.1) is 6.54 Å². The summed E-state index contributed by atoms with van der Waals surface area (Å²) >= 11 is 0. The molecule has 0 aliphatic rings. The van der Waals surface area contributed by atoms with Gasteiger partial charge in [0.2, 0.25) is 5.91 Å². The topological polar surface area (TPSA) is 53.8 Å². The zero-order valence-corrected chi connectivity index (χ0v) is 9.29. The van der Waals surface area contributed by atoms with Crippen LogP contribution in [-0.4, -0.2) is 25.0 Å². The number of rotatable bonds is 5. The number of nitrogens with one attached hydrogen (secondary N) is 1. The van der Waals surface area contributed by atoms with E-state index in [2.05, 4.69) is 28.6 Å². The summed E-state index contributed by atoms with van der Waals surface area (Å²) < 4.78 is 0. The minimum absolute atomic E-state index is 0.144. The van der Waals surface area contributed by atoms with E-state index in [-0.39, 0.29) is 12.5 Å². The van der Waals surface area contributed by atoms with Crippen LogP contribution in [0.3, 0.4) is 0 Å². The molecule has 15 heavy (non-hydrogen) atoms. The summed E-state index contributed by atoms with van der Waals surface area (Å²) in [5.74, 6) is 0.302. The molecule has 0 fully saturated rings. The lowest BCUT2D eigenvalue weighted by Crippen LogP contribution is -2.27. The van der Waals surface area contributed by atoms with Crippen LogP contribution < -0.4 is 5.32 Å². The van der Waals surface area contributed by atoms with Crippen molar-refractivity contribution in [3.05, 3.63) is 24.4 Å². The summed E-state index contributed by atoms with van der Waals surface area (Å²) in [4.78, 5) is 18.8. The van der Waals surface area contributed by atoms with E-state index in [1.807, 2.05) is 13.8 Å². The number of carbonyl (C=O) groups is 1. The van der Waals surface area contributed by atoms with Gasteiger partial charge in [-0.3, -0.25) is 4.79 Å². The third-order valence-corrected chi connectivity index (χ3v) is 1.78. The second kappa shape index (κ2) is 7.67. The Kier molecular flexibility index (Phi) is 6.80. The Balaban J connectivity index is 4.16. The summed E-state index contributed by atoms with van der Waals surface area (Å²) in [7, 11) is 0. The van der Waals surface area contributed by atoms with Crippen LogP contribution in [0.5, 0.6) is 0 Å². The number of amides is 1. The van der Waals surface area contributed by atoms with Crippen molar-refractivity contribution in [2.24, 2.45) is 9.98 Å². The van der Waals surface area contributed by atoms with Crippen molar-refractivity contribution in [2.75, 3.05) is 6.54 Å². The Bertz CT molecular complexity index is 303. The van der Waals surface area contributed by atoms with Gasteiger partial charge in [-0.05, 0) is 20.1 Å². The molecule has 0 atom stereocenters. The van der Waals surface area contributed by atoms with Gasteiger partial charge in [0.1, 0.15) is 5.84 Å². The van der Waals surface area contributed by atoms with Crippen molar-refractivity contribution in [1.82, 2.24) is 5.32 Å². The number of allylic oxidation sites excluding steroid dienone is 1. The zero-order valence-electron chi connectivity index (χ0n) is 9.29. The smallest absolute Gasteiger partial charge is 0.244 e. The molecular formula is C11H17N3O. The molecule has 0 aromatic heterocycles. The molecule has 1 N–H and O–H groups in total. The normalized spacial score (nSPS) is 12.1. The highest BCUT2D eigenvalue weighted by Crippen LogP contribution is 1.96. The lowest BCUT2D eigenvalue weighted by molar-refractivity contribution is -0.116. The van der Waals surface area contributed by atoms with Gasteiger partial charge in [-0.2, -0.15) is 0 Å². The maximum absolute atomic E-state index is 11.3. The molecule has 0 aromatic carbocycles. The van der Waals surface area contributed by atoms with Crippen LogP contribution in [0, 0.1) is 0 Å². The van der Waals surface area contributed by atoms with Crippen LogP contribution in [0.25, 0.3) is 0 Å². The Morgan fingerprint density at radius 3 is 2.67 bits per heavy atom. The molecule has 0 unspecified atom stereocenters. The molecule has 0 heterocycles. The van der Waals surface area contributed by atoms with Gasteiger partial charge in [-0.1, -0.05) is 19.1 Å². The van der Waals surface area contributed by atoms with E-state index in [0.29, 0.717) is 5.84 Å². The van der Waals surface area contributed by atoms with E-state index in [1.54, 1.807) is 6.08 Å². The fourth-order valence-electron chi connectivity index (χ4n) is 0.791. The standard InChI is InChI=1S/C11H17N3O/c1-5-9(3)7-11(15)14-8-10(12-4)13-6-2/h6-7H,2,4-5,8H2,1,3H3,(H,14,15)/b9-7+,13-10?. The third-order valence-electron chi connectivity index (χ3n) is 1.78. The number of amidine groups is 1. The van der Waals surface area contributed by atoms with Crippen molar-refractivity contribution in [3.63, 3.8) is 0 Å². The molecule has 1 amide bonds. The molecule has 4 nitrogen and oxygen atoms in total. The average molecular weight is 207 g/mol. The molecule has 0 aromatic rings. The summed E-state index contributed by atoms with van der Waals surface area (Å²) in [6, 6.07) is 0. The second-order valence-electron chi connectivity index (χ2n) is 2.95. The molecule has 0 radical (unpaired) electrons. The lowest BCUT2D eigenvalue weighted by Gasteiger charge is -2.01. The Labute approximate surface area is 90.5 Å². The van der Waals surface area contributed by atoms with Gasteiger partial charge < -0.3 is 5.32 Å². The van der Waals surface area contributed by atoms with Crippen LogP contribution in [0.15, 0.2) is 34.4 Å². The first-order chi connectivity index (χ1) is 7.13. The predicted octanol–water partition coefficient (Wildman–Crippen LogP) is 1.70. The van der Waals surface area contributed by atoms with Gasteiger partial charge in [0.25, 0.3) is 0 Å². The molecule has 4 heteroatoms. The number of hydrogen-bond donors (Lipinski definition) is 1. The first-order valence-corrected chi connectivity index (χ1v) is 4.73. The molecule has 0 aliphatic carbocycles. The monoisotopic (exact) mass is 207 g/mol. The van der Waals surface area contributed by atoms with E-state index in [1.165, 1.54) is 6.20 Å². The molecule has 0 bridgehead atoms. The second-order valence-corrected chi connectivity index (χ2v) is 2.95. The van der Waals surface area contributed by atoms with Gasteiger partial charge in [-0.15, -0.1) is 0 Å². The molecule has 0 spiro atoms.